The zero-order valence-electron chi connectivity index (χ0n) is 7.98. The van der Waals surface area contributed by atoms with Gasteiger partial charge in [0, 0.05) is 12.0 Å². The summed E-state index contributed by atoms with van der Waals surface area (Å²) in [5.74, 6) is -0.0419. The van der Waals surface area contributed by atoms with Gasteiger partial charge in [0.05, 0.1) is 19.3 Å². The first-order valence-electron chi connectivity index (χ1n) is 4.56. The third-order valence-electron chi connectivity index (χ3n) is 2.42. The standard InChI is InChI=1S/C11H13NO2/c1-2-3-11-9(4-5-12)7-14-8-10(11)6-13/h2,4,6,10-11H,1,3,7-8H2/b9-4+. The number of allylic oxidation sites excluding steroid dienone is 2. The second kappa shape index (κ2) is 5.36. The van der Waals surface area contributed by atoms with E-state index in [1.54, 1.807) is 6.08 Å². The molecule has 0 aromatic carbocycles. The number of nitriles is 1. The number of hydrogen-bond acceptors (Lipinski definition) is 3. The van der Waals surface area contributed by atoms with Crippen molar-refractivity contribution >= 4 is 6.29 Å². The molecule has 1 fully saturated rings. The molecule has 0 aromatic heterocycles. The Morgan fingerprint density at radius 1 is 1.71 bits per heavy atom. The van der Waals surface area contributed by atoms with Crippen LogP contribution in [0, 0.1) is 23.2 Å². The summed E-state index contributed by atoms with van der Waals surface area (Å²) in [5, 5.41) is 8.57. The molecular weight excluding hydrogens is 178 g/mol. The van der Waals surface area contributed by atoms with Gasteiger partial charge in [0.15, 0.2) is 0 Å². The molecule has 1 heterocycles. The van der Waals surface area contributed by atoms with Crippen LogP contribution in [0.15, 0.2) is 24.3 Å². The normalized spacial score (nSPS) is 29.5. The highest BCUT2D eigenvalue weighted by atomic mass is 16.5. The molecule has 1 aliphatic rings. The Morgan fingerprint density at radius 3 is 3.07 bits per heavy atom. The van der Waals surface area contributed by atoms with Gasteiger partial charge in [-0.2, -0.15) is 5.26 Å². The minimum atomic E-state index is -0.138. The maximum absolute atomic E-state index is 10.8. The Kier molecular flexibility index (Phi) is 4.09. The Balaban J connectivity index is 2.83. The van der Waals surface area contributed by atoms with Crippen molar-refractivity contribution in [3.8, 4) is 6.07 Å². The Morgan fingerprint density at radius 2 is 2.50 bits per heavy atom. The Hall–Kier alpha value is -1.40. The second-order valence-corrected chi connectivity index (χ2v) is 3.29. The number of hydrogen-bond donors (Lipinski definition) is 0. The highest BCUT2D eigenvalue weighted by molar-refractivity contribution is 5.56. The zero-order chi connectivity index (χ0) is 10.4. The molecular formula is C11H13NO2. The van der Waals surface area contributed by atoms with Crippen LogP contribution in [0.1, 0.15) is 6.42 Å². The van der Waals surface area contributed by atoms with Crippen LogP contribution in [0.25, 0.3) is 0 Å². The van der Waals surface area contributed by atoms with Crippen LogP contribution < -0.4 is 0 Å². The van der Waals surface area contributed by atoms with Crippen LogP contribution in [0.4, 0.5) is 0 Å². The van der Waals surface area contributed by atoms with Crippen molar-refractivity contribution in [2.24, 2.45) is 11.8 Å². The first-order valence-corrected chi connectivity index (χ1v) is 4.56. The molecule has 0 amide bonds. The molecule has 0 spiro atoms. The SMILES string of the molecule is C=CCC1/C(=C/C#N)COCC1C=O. The van der Waals surface area contributed by atoms with E-state index in [1.165, 1.54) is 6.08 Å². The molecule has 0 saturated carbocycles. The minimum Gasteiger partial charge on any atom is -0.376 e. The average molecular weight is 191 g/mol. The maximum atomic E-state index is 10.8. The molecule has 74 valence electrons. The van der Waals surface area contributed by atoms with Gasteiger partial charge in [-0.1, -0.05) is 6.08 Å². The molecule has 1 rings (SSSR count). The quantitative estimate of drug-likeness (QED) is 0.385. The Labute approximate surface area is 83.7 Å². The van der Waals surface area contributed by atoms with Gasteiger partial charge >= 0.3 is 0 Å². The Bertz CT molecular complexity index is 288. The number of carbonyl (C=O) groups excluding carboxylic acids is 1. The van der Waals surface area contributed by atoms with Gasteiger partial charge in [0.1, 0.15) is 6.29 Å². The van der Waals surface area contributed by atoms with Gasteiger partial charge in [0.2, 0.25) is 0 Å². The lowest BCUT2D eigenvalue weighted by molar-refractivity contribution is -0.115. The smallest absolute Gasteiger partial charge is 0.125 e. The third-order valence-corrected chi connectivity index (χ3v) is 2.42. The van der Waals surface area contributed by atoms with Crippen LogP contribution in [-0.2, 0) is 9.53 Å². The fourth-order valence-corrected chi connectivity index (χ4v) is 1.68. The van der Waals surface area contributed by atoms with Crippen molar-refractivity contribution in [3.05, 3.63) is 24.3 Å². The van der Waals surface area contributed by atoms with Crippen LogP contribution in [0.3, 0.4) is 0 Å². The van der Waals surface area contributed by atoms with Crippen LogP contribution in [0.5, 0.6) is 0 Å². The molecule has 0 aliphatic carbocycles. The van der Waals surface area contributed by atoms with Crippen molar-refractivity contribution in [3.63, 3.8) is 0 Å². The van der Waals surface area contributed by atoms with Gasteiger partial charge < -0.3 is 9.53 Å². The van der Waals surface area contributed by atoms with Crippen molar-refractivity contribution in [1.82, 2.24) is 0 Å². The van der Waals surface area contributed by atoms with Crippen molar-refractivity contribution < 1.29 is 9.53 Å². The highest BCUT2D eigenvalue weighted by Crippen LogP contribution is 2.28. The summed E-state index contributed by atoms with van der Waals surface area (Å²) in [6.45, 7) is 4.56. The van der Waals surface area contributed by atoms with E-state index in [4.69, 9.17) is 10.00 Å². The summed E-state index contributed by atoms with van der Waals surface area (Å²) in [5.41, 5.74) is 0.899. The van der Waals surface area contributed by atoms with E-state index in [1.807, 2.05) is 6.07 Å². The summed E-state index contributed by atoms with van der Waals surface area (Å²) in [6.07, 6.45) is 4.88. The number of ether oxygens (including phenoxy) is 1. The van der Waals surface area contributed by atoms with E-state index < -0.39 is 0 Å². The van der Waals surface area contributed by atoms with E-state index in [2.05, 4.69) is 6.58 Å². The topological polar surface area (TPSA) is 50.1 Å². The van der Waals surface area contributed by atoms with Crippen LogP contribution in [-0.4, -0.2) is 19.5 Å². The van der Waals surface area contributed by atoms with Crippen molar-refractivity contribution in [1.29, 1.82) is 5.26 Å². The molecule has 0 bridgehead atoms. The van der Waals surface area contributed by atoms with E-state index in [0.29, 0.717) is 13.2 Å². The largest absolute Gasteiger partial charge is 0.376 e. The first-order chi connectivity index (χ1) is 6.83. The maximum Gasteiger partial charge on any atom is 0.125 e. The summed E-state index contributed by atoms with van der Waals surface area (Å²) in [4.78, 5) is 10.8. The lowest BCUT2D eigenvalue weighted by Crippen LogP contribution is -2.30. The van der Waals surface area contributed by atoms with Crippen LogP contribution >= 0.6 is 0 Å². The van der Waals surface area contributed by atoms with Crippen molar-refractivity contribution in [2.45, 2.75) is 6.42 Å². The number of nitrogens with zero attached hydrogens (tertiary/aromatic N) is 1. The average Bonchev–Trinajstić information content (AvgIpc) is 2.21. The molecule has 0 aromatic rings. The third kappa shape index (κ3) is 2.30. The fraction of sp³-hybridized carbons (Fsp3) is 0.455. The number of aldehydes is 1. The summed E-state index contributed by atoms with van der Waals surface area (Å²) >= 11 is 0. The molecule has 3 heteroatoms. The van der Waals surface area contributed by atoms with Crippen LogP contribution in [0.2, 0.25) is 0 Å². The molecule has 2 atom stereocenters. The summed E-state index contributed by atoms with van der Waals surface area (Å²) in [7, 11) is 0. The first kappa shape index (κ1) is 10.7. The lowest BCUT2D eigenvalue weighted by Gasteiger charge is -2.29. The number of carbonyl (C=O) groups is 1. The molecule has 1 saturated heterocycles. The highest BCUT2D eigenvalue weighted by Gasteiger charge is 2.28. The van der Waals surface area contributed by atoms with Gasteiger partial charge in [-0.25, -0.2) is 0 Å². The zero-order valence-corrected chi connectivity index (χ0v) is 7.98. The van der Waals surface area contributed by atoms with Gasteiger partial charge in [-0.3, -0.25) is 0 Å². The van der Waals surface area contributed by atoms with Crippen molar-refractivity contribution in [2.75, 3.05) is 13.2 Å². The predicted molar refractivity (Wildman–Crippen MR) is 52.4 cm³/mol. The lowest BCUT2D eigenvalue weighted by atomic mass is 9.83. The predicted octanol–water partition coefficient (Wildman–Crippen LogP) is 1.47. The molecule has 0 N–H and O–H groups in total. The molecule has 0 radical (unpaired) electrons. The molecule has 2 unspecified atom stereocenters. The van der Waals surface area contributed by atoms with Gasteiger partial charge in [-0.05, 0) is 17.9 Å². The molecule has 3 nitrogen and oxygen atoms in total. The second-order valence-electron chi connectivity index (χ2n) is 3.29. The number of rotatable bonds is 3. The van der Waals surface area contributed by atoms with E-state index in [0.717, 1.165) is 18.3 Å². The molecule has 1 aliphatic heterocycles. The van der Waals surface area contributed by atoms with E-state index in [9.17, 15) is 4.79 Å². The van der Waals surface area contributed by atoms with Gasteiger partial charge in [0.25, 0.3) is 0 Å². The summed E-state index contributed by atoms with van der Waals surface area (Å²) < 4.78 is 5.23. The summed E-state index contributed by atoms with van der Waals surface area (Å²) in [6, 6.07) is 1.98. The van der Waals surface area contributed by atoms with Gasteiger partial charge in [-0.15, -0.1) is 6.58 Å². The van der Waals surface area contributed by atoms with E-state index >= 15 is 0 Å². The monoisotopic (exact) mass is 191 g/mol. The molecule has 14 heavy (non-hydrogen) atoms. The van der Waals surface area contributed by atoms with E-state index in [-0.39, 0.29) is 11.8 Å². The minimum absolute atomic E-state index is 0.0957. The fourth-order valence-electron chi connectivity index (χ4n) is 1.68.